The molecule has 0 radical (unpaired) electrons. The molecule has 1 aromatic carbocycles. The molecule has 0 unspecified atom stereocenters. The molecule has 3 heterocycles. The summed E-state index contributed by atoms with van der Waals surface area (Å²) in [6.45, 7) is 3.50. The van der Waals surface area contributed by atoms with Crippen molar-refractivity contribution in [1.82, 2.24) is 15.6 Å². The third-order valence-corrected chi connectivity index (χ3v) is 7.34. The molecular formula is C27H29F7N4O3. The van der Waals surface area contributed by atoms with Crippen LogP contribution < -0.4 is 20.3 Å². The summed E-state index contributed by atoms with van der Waals surface area (Å²) in [7, 11) is 0. The number of halogens is 7. The third-order valence-electron chi connectivity index (χ3n) is 7.34. The van der Waals surface area contributed by atoms with E-state index in [1.807, 2.05) is 5.32 Å². The Bertz CT molecular complexity index is 1270. The minimum Gasteiger partial charge on any atom is -0.477 e. The topological polar surface area (TPSA) is 83.6 Å². The van der Waals surface area contributed by atoms with E-state index in [4.69, 9.17) is 4.74 Å². The lowest BCUT2D eigenvalue weighted by Gasteiger charge is -2.41. The number of nitrogens with zero attached hydrogens (tertiary/aromatic N) is 2. The van der Waals surface area contributed by atoms with Crippen LogP contribution >= 0.6 is 0 Å². The third kappa shape index (κ3) is 6.84. The van der Waals surface area contributed by atoms with Gasteiger partial charge in [-0.1, -0.05) is 0 Å². The number of hydrogen-bond acceptors (Lipinski definition) is 5. The van der Waals surface area contributed by atoms with Crippen LogP contribution in [-0.4, -0.2) is 52.7 Å². The van der Waals surface area contributed by atoms with Crippen molar-refractivity contribution in [3.05, 3.63) is 53.5 Å². The van der Waals surface area contributed by atoms with Gasteiger partial charge in [0.1, 0.15) is 29.0 Å². The van der Waals surface area contributed by atoms with Crippen LogP contribution in [0.15, 0.2) is 36.5 Å². The van der Waals surface area contributed by atoms with Gasteiger partial charge in [-0.05, 0) is 76.8 Å². The summed E-state index contributed by atoms with van der Waals surface area (Å²) in [5, 5.41) is 4.75. The molecule has 2 saturated heterocycles. The van der Waals surface area contributed by atoms with Crippen LogP contribution in [0.1, 0.15) is 62.4 Å². The van der Waals surface area contributed by atoms with Crippen LogP contribution in [0.25, 0.3) is 0 Å². The van der Waals surface area contributed by atoms with Crippen molar-refractivity contribution in [2.75, 3.05) is 4.90 Å². The van der Waals surface area contributed by atoms with Crippen molar-refractivity contribution in [2.24, 2.45) is 0 Å². The first-order valence-electron chi connectivity index (χ1n) is 12.9. The van der Waals surface area contributed by atoms with Crippen LogP contribution in [0, 0.1) is 5.82 Å². The fourth-order valence-electron chi connectivity index (χ4n) is 5.20. The molecular weight excluding hydrogens is 561 g/mol. The van der Waals surface area contributed by atoms with Crippen molar-refractivity contribution in [3.8, 4) is 5.75 Å². The van der Waals surface area contributed by atoms with Gasteiger partial charge in [-0.3, -0.25) is 9.59 Å². The lowest BCUT2D eigenvalue weighted by molar-refractivity contribution is -0.149. The predicted molar refractivity (Wildman–Crippen MR) is 134 cm³/mol. The SMILES string of the molecule is C[C@H](NC(=O)c1ccc(N2[C@@H]3CC[C@H]2C[C@@H](NC(=O)C(C)(C)Oc2ccc(F)cc2C(F)(F)F)C3)nc1)C(F)(F)F. The second-order valence-corrected chi connectivity index (χ2v) is 10.8. The number of alkyl halides is 6. The van der Waals surface area contributed by atoms with Crippen molar-refractivity contribution >= 4 is 17.6 Å². The first-order chi connectivity index (χ1) is 19.0. The molecule has 4 atom stereocenters. The molecule has 2 aromatic rings. The Kier molecular flexibility index (Phi) is 8.16. The quantitative estimate of drug-likeness (QED) is 0.423. The molecule has 41 heavy (non-hydrogen) atoms. The zero-order valence-electron chi connectivity index (χ0n) is 22.4. The van der Waals surface area contributed by atoms with Gasteiger partial charge in [-0.15, -0.1) is 0 Å². The maximum absolute atomic E-state index is 13.5. The number of carbonyl (C=O) groups is 2. The number of hydrogen-bond donors (Lipinski definition) is 2. The Morgan fingerprint density at radius 1 is 1.02 bits per heavy atom. The Morgan fingerprint density at radius 2 is 1.66 bits per heavy atom. The predicted octanol–water partition coefficient (Wildman–Crippen LogP) is 5.39. The fraction of sp³-hybridized carbons (Fsp3) is 0.519. The summed E-state index contributed by atoms with van der Waals surface area (Å²) in [5.41, 5.74) is -3.04. The second kappa shape index (κ2) is 11.0. The summed E-state index contributed by atoms with van der Waals surface area (Å²) in [4.78, 5) is 31.6. The Morgan fingerprint density at radius 3 is 2.20 bits per heavy atom. The lowest BCUT2D eigenvalue weighted by Crippen LogP contribution is -2.55. The number of anilines is 1. The number of piperidine rings is 1. The number of nitrogens with one attached hydrogen (secondary N) is 2. The van der Waals surface area contributed by atoms with Gasteiger partial charge in [0, 0.05) is 24.3 Å². The largest absolute Gasteiger partial charge is 0.477 e. The van der Waals surface area contributed by atoms with Crippen LogP contribution in [0.4, 0.5) is 36.6 Å². The van der Waals surface area contributed by atoms with Crippen LogP contribution in [0.5, 0.6) is 5.75 Å². The average Bonchev–Trinajstić information content (AvgIpc) is 3.13. The molecule has 0 saturated carbocycles. The van der Waals surface area contributed by atoms with Crippen molar-refractivity contribution in [1.29, 1.82) is 0 Å². The average molecular weight is 591 g/mol. The first kappa shape index (κ1) is 30.4. The molecule has 7 nitrogen and oxygen atoms in total. The van der Waals surface area contributed by atoms with Crippen molar-refractivity contribution < 1.29 is 45.1 Å². The number of aromatic nitrogens is 1. The van der Waals surface area contributed by atoms with Gasteiger partial charge >= 0.3 is 12.4 Å². The highest BCUT2D eigenvalue weighted by Crippen LogP contribution is 2.40. The highest BCUT2D eigenvalue weighted by Gasteiger charge is 2.44. The number of benzene rings is 1. The molecule has 0 spiro atoms. The summed E-state index contributed by atoms with van der Waals surface area (Å²) >= 11 is 0. The Balaban J connectivity index is 1.39. The van der Waals surface area contributed by atoms with Crippen molar-refractivity contribution in [2.45, 2.75) is 88.6 Å². The monoisotopic (exact) mass is 590 g/mol. The number of fused-ring (bicyclic) bond motifs is 2. The molecule has 2 bridgehead atoms. The zero-order chi connectivity index (χ0) is 30.3. The van der Waals surface area contributed by atoms with E-state index in [1.54, 1.807) is 6.07 Å². The minimum atomic E-state index is -4.88. The molecule has 2 N–H and O–H groups in total. The number of rotatable bonds is 7. The Hall–Kier alpha value is -3.58. The number of carbonyl (C=O) groups excluding carboxylic acids is 2. The van der Waals surface area contributed by atoms with E-state index >= 15 is 0 Å². The maximum Gasteiger partial charge on any atom is 0.420 e. The van der Waals surface area contributed by atoms with Gasteiger partial charge in [-0.2, -0.15) is 26.3 Å². The number of amides is 2. The molecule has 2 amide bonds. The Labute approximate surface area is 231 Å². The summed E-state index contributed by atoms with van der Waals surface area (Å²) in [6, 6.07) is 2.55. The van der Waals surface area contributed by atoms with Gasteiger partial charge in [0.25, 0.3) is 11.8 Å². The van der Waals surface area contributed by atoms with Crippen molar-refractivity contribution in [3.63, 3.8) is 0 Å². The van der Waals surface area contributed by atoms with E-state index < -0.39 is 52.9 Å². The van der Waals surface area contributed by atoms with Gasteiger partial charge in [0.05, 0.1) is 5.56 Å². The molecule has 4 rings (SSSR count). The van der Waals surface area contributed by atoms with E-state index in [9.17, 15) is 40.3 Å². The number of ether oxygens (including phenoxy) is 1. The molecule has 14 heteroatoms. The van der Waals surface area contributed by atoms with Crippen LogP contribution in [0.2, 0.25) is 0 Å². The van der Waals surface area contributed by atoms with Crippen LogP contribution in [0.3, 0.4) is 0 Å². The van der Waals surface area contributed by atoms with Crippen LogP contribution in [-0.2, 0) is 11.0 Å². The molecule has 2 aliphatic rings. The summed E-state index contributed by atoms with van der Waals surface area (Å²) in [6.07, 6.45) is -5.65. The first-order valence-corrected chi connectivity index (χ1v) is 12.9. The maximum atomic E-state index is 13.5. The normalized spacial score (nSPS) is 21.8. The van der Waals surface area contributed by atoms with E-state index in [2.05, 4.69) is 15.2 Å². The summed E-state index contributed by atoms with van der Waals surface area (Å²) in [5.74, 6) is -2.73. The summed E-state index contributed by atoms with van der Waals surface area (Å²) < 4.78 is 97.3. The second-order valence-electron chi connectivity index (χ2n) is 10.8. The molecule has 0 aliphatic carbocycles. The molecule has 224 valence electrons. The highest BCUT2D eigenvalue weighted by molar-refractivity contribution is 5.94. The van der Waals surface area contributed by atoms with Gasteiger partial charge in [0.15, 0.2) is 5.60 Å². The standard InChI is InChI=1S/C27H29F7N4O3/c1-14(26(29,30)31)36-23(39)15-4-9-22(35-13-15)38-18-6-7-19(38)12-17(11-18)37-24(40)25(2,3)41-21-8-5-16(28)10-20(21)27(32,33)34/h4-5,8-10,13-14,17-19H,6-7,11-12H2,1-3H3,(H,36,39)(H,37,40)/t14-,17-,18+,19-/m0/s1. The number of pyridine rings is 1. The van der Waals surface area contributed by atoms with E-state index in [0.29, 0.717) is 24.7 Å². The zero-order valence-corrected chi connectivity index (χ0v) is 22.4. The smallest absolute Gasteiger partial charge is 0.420 e. The van der Waals surface area contributed by atoms with Gasteiger partial charge in [-0.25, -0.2) is 9.37 Å². The van der Waals surface area contributed by atoms with Gasteiger partial charge in [0.2, 0.25) is 0 Å². The van der Waals surface area contributed by atoms with E-state index in [1.165, 1.54) is 26.1 Å². The fourth-order valence-corrected chi connectivity index (χ4v) is 5.20. The van der Waals surface area contributed by atoms with Gasteiger partial charge < -0.3 is 20.3 Å². The molecule has 2 fully saturated rings. The minimum absolute atomic E-state index is 0.0172. The lowest BCUT2D eigenvalue weighted by atomic mass is 9.96. The molecule has 1 aromatic heterocycles. The highest BCUT2D eigenvalue weighted by atomic mass is 19.4. The molecule has 2 aliphatic heterocycles. The van der Waals surface area contributed by atoms with E-state index in [-0.39, 0.29) is 23.7 Å². The van der Waals surface area contributed by atoms with E-state index in [0.717, 1.165) is 31.9 Å².